The number of rotatable bonds is 3. The second-order valence-electron chi connectivity index (χ2n) is 2.73. The lowest BCUT2D eigenvalue weighted by Crippen LogP contribution is -1.99. The van der Waals surface area contributed by atoms with Crippen molar-refractivity contribution in [1.29, 1.82) is 0 Å². The molecule has 0 atom stereocenters. The molecule has 3 nitrogen and oxygen atoms in total. The number of anilines is 1. The summed E-state index contributed by atoms with van der Waals surface area (Å²) < 4.78 is 0. The molecule has 0 saturated carbocycles. The van der Waals surface area contributed by atoms with E-state index in [1.165, 1.54) is 0 Å². The lowest BCUT2D eigenvalue weighted by atomic mass is 10.1. The predicted molar refractivity (Wildman–Crippen MR) is 52.2 cm³/mol. The molecule has 0 amide bonds. The van der Waals surface area contributed by atoms with E-state index in [4.69, 9.17) is 5.73 Å². The summed E-state index contributed by atoms with van der Waals surface area (Å²) in [5.74, 6) is 0.527. The van der Waals surface area contributed by atoms with Crippen molar-refractivity contribution >= 4 is 11.6 Å². The zero-order valence-corrected chi connectivity index (χ0v) is 7.53. The standard InChI is InChI=1S/C10H12N2O/c1-2-3-9(13)6-8-4-5-12-10(11)7-8/h2-5,7H,6H2,1H3,(H2,11,12)/b3-2+. The maximum absolute atomic E-state index is 11.2. The van der Waals surface area contributed by atoms with Crippen LogP contribution in [-0.2, 0) is 11.2 Å². The van der Waals surface area contributed by atoms with Gasteiger partial charge in [0, 0.05) is 12.6 Å². The molecule has 0 bridgehead atoms. The monoisotopic (exact) mass is 176 g/mol. The highest BCUT2D eigenvalue weighted by molar-refractivity contribution is 5.91. The first-order valence-electron chi connectivity index (χ1n) is 4.08. The second kappa shape index (κ2) is 4.40. The van der Waals surface area contributed by atoms with Crippen molar-refractivity contribution in [2.45, 2.75) is 13.3 Å². The van der Waals surface area contributed by atoms with Crippen LogP contribution in [0, 0.1) is 0 Å². The summed E-state index contributed by atoms with van der Waals surface area (Å²) >= 11 is 0. The van der Waals surface area contributed by atoms with Gasteiger partial charge in [-0.25, -0.2) is 4.98 Å². The van der Waals surface area contributed by atoms with Crippen LogP contribution in [0.2, 0.25) is 0 Å². The maximum atomic E-state index is 11.2. The first-order chi connectivity index (χ1) is 6.22. The molecule has 2 N–H and O–H groups in total. The Balaban J connectivity index is 2.69. The largest absolute Gasteiger partial charge is 0.384 e. The number of nitrogens with two attached hydrogens (primary N) is 1. The number of nitrogens with zero attached hydrogens (tertiary/aromatic N) is 1. The molecule has 0 radical (unpaired) electrons. The Labute approximate surface area is 77.3 Å². The Morgan fingerprint density at radius 2 is 2.46 bits per heavy atom. The molecule has 0 aliphatic carbocycles. The third-order valence-electron chi connectivity index (χ3n) is 1.58. The van der Waals surface area contributed by atoms with Crippen molar-refractivity contribution in [3.05, 3.63) is 36.0 Å². The quantitative estimate of drug-likeness (QED) is 0.707. The average Bonchev–Trinajstić information content (AvgIpc) is 2.04. The Morgan fingerprint density at radius 3 is 3.08 bits per heavy atom. The van der Waals surface area contributed by atoms with Crippen molar-refractivity contribution < 1.29 is 4.79 Å². The van der Waals surface area contributed by atoms with Gasteiger partial charge in [0.25, 0.3) is 0 Å². The van der Waals surface area contributed by atoms with E-state index in [-0.39, 0.29) is 5.78 Å². The summed E-state index contributed by atoms with van der Waals surface area (Å²) in [5.41, 5.74) is 6.37. The van der Waals surface area contributed by atoms with E-state index in [2.05, 4.69) is 4.98 Å². The SMILES string of the molecule is C/C=C/C(=O)Cc1ccnc(N)c1. The molecule has 1 rings (SSSR count). The maximum Gasteiger partial charge on any atom is 0.159 e. The topological polar surface area (TPSA) is 56.0 Å². The summed E-state index contributed by atoms with van der Waals surface area (Å²) in [6, 6.07) is 3.50. The van der Waals surface area contributed by atoms with Crippen molar-refractivity contribution in [3.63, 3.8) is 0 Å². The normalized spacial score (nSPS) is 10.5. The molecule has 13 heavy (non-hydrogen) atoms. The highest BCUT2D eigenvalue weighted by Gasteiger charge is 1.99. The van der Waals surface area contributed by atoms with Crippen molar-refractivity contribution in [2.75, 3.05) is 5.73 Å². The van der Waals surface area contributed by atoms with Crippen LogP contribution in [0.4, 0.5) is 5.82 Å². The van der Waals surface area contributed by atoms with Crippen LogP contribution in [0.1, 0.15) is 12.5 Å². The summed E-state index contributed by atoms with van der Waals surface area (Å²) in [6.45, 7) is 1.82. The van der Waals surface area contributed by atoms with Gasteiger partial charge >= 0.3 is 0 Å². The first-order valence-corrected chi connectivity index (χ1v) is 4.08. The van der Waals surface area contributed by atoms with Gasteiger partial charge in [0.2, 0.25) is 0 Å². The van der Waals surface area contributed by atoms with Gasteiger partial charge in [-0.15, -0.1) is 0 Å². The highest BCUT2D eigenvalue weighted by Crippen LogP contribution is 2.04. The fourth-order valence-electron chi connectivity index (χ4n) is 1.05. The van der Waals surface area contributed by atoms with Gasteiger partial charge in [0.1, 0.15) is 5.82 Å². The van der Waals surface area contributed by atoms with Gasteiger partial charge in [-0.2, -0.15) is 0 Å². The van der Waals surface area contributed by atoms with E-state index in [1.54, 1.807) is 30.5 Å². The number of aromatic nitrogens is 1. The summed E-state index contributed by atoms with van der Waals surface area (Å²) in [7, 11) is 0. The molecule has 0 unspecified atom stereocenters. The van der Waals surface area contributed by atoms with E-state index < -0.39 is 0 Å². The number of carbonyl (C=O) groups is 1. The van der Waals surface area contributed by atoms with Crippen LogP contribution in [0.25, 0.3) is 0 Å². The molecule has 0 spiro atoms. The van der Waals surface area contributed by atoms with Crippen molar-refractivity contribution in [3.8, 4) is 0 Å². The van der Waals surface area contributed by atoms with Gasteiger partial charge < -0.3 is 5.73 Å². The fourth-order valence-corrected chi connectivity index (χ4v) is 1.05. The molecule has 1 aromatic rings. The molecular formula is C10H12N2O. The third kappa shape index (κ3) is 3.07. The number of hydrogen-bond acceptors (Lipinski definition) is 3. The molecule has 0 saturated heterocycles. The second-order valence-corrected chi connectivity index (χ2v) is 2.73. The molecule has 0 aliphatic rings. The number of carbonyl (C=O) groups excluding carboxylic acids is 1. The molecule has 0 aromatic carbocycles. The van der Waals surface area contributed by atoms with E-state index in [1.807, 2.05) is 6.92 Å². The van der Waals surface area contributed by atoms with Gasteiger partial charge in [0.05, 0.1) is 0 Å². The van der Waals surface area contributed by atoms with E-state index >= 15 is 0 Å². The first kappa shape index (κ1) is 9.45. The number of pyridine rings is 1. The third-order valence-corrected chi connectivity index (χ3v) is 1.58. The minimum atomic E-state index is 0.0769. The highest BCUT2D eigenvalue weighted by atomic mass is 16.1. The molecule has 1 aromatic heterocycles. The summed E-state index contributed by atoms with van der Waals surface area (Å²) in [6.07, 6.45) is 5.27. The van der Waals surface area contributed by atoms with Gasteiger partial charge in [-0.1, -0.05) is 6.08 Å². The summed E-state index contributed by atoms with van der Waals surface area (Å²) in [4.78, 5) is 15.0. The van der Waals surface area contributed by atoms with Crippen LogP contribution in [0.3, 0.4) is 0 Å². The zero-order chi connectivity index (χ0) is 9.68. The van der Waals surface area contributed by atoms with E-state index in [0.717, 1.165) is 5.56 Å². The zero-order valence-electron chi connectivity index (χ0n) is 7.53. The van der Waals surface area contributed by atoms with Crippen molar-refractivity contribution in [2.24, 2.45) is 0 Å². The van der Waals surface area contributed by atoms with Gasteiger partial charge in [-0.05, 0) is 30.7 Å². The Bertz CT molecular complexity index is 331. The number of ketones is 1. The van der Waals surface area contributed by atoms with Crippen LogP contribution in [-0.4, -0.2) is 10.8 Å². The van der Waals surface area contributed by atoms with E-state index in [0.29, 0.717) is 12.2 Å². The lowest BCUT2D eigenvalue weighted by molar-refractivity contribution is -0.114. The molecule has 68 valence electrons. The number of allylic oxidation sites excluding steroid dienone is 2. The molecule has 1 heterocycles. The van der Waals surface area contributed by atoms with Crippen LogP contribution < -0.4 is 5.73 Å². The lowest BCUT2D eigenvalue weighted by Gasteiger charge is -1.97. The van der Waals surface area contributed by atoms with Crippen molar-refractivity contribution in [1.82, 2.24) is 4.98 Å². The minimum absolute atomic E-state index is 0.0769. The minimum Gasteiger partial charge on any atom is -0.384 e. The summed E-state index contributed by atoms with van der Waals surface area (Å²) in [5, 5.41) is 0. The van der Waals surface area contributed by atoms with Crippen LogP contribution in [0.5, 0.6) is 0 Å². The Hall–Kier alpha value is -1.64. The molecule has 0 aliphatic heterocycles. The molecular weight excluding hydrogens is 164 g/mol. The molecule has 3 heteroatoms. The number of hydrogen-bond donors (Lipinski definition) is 1. The number of nitrogen functional groups attached to an aromatic ring is 1. The Morgan fingerprint density at radius 1 is 1.69 bits per heavy atom. The predicted octanol–water partition coefficient (Wildman–Crippen LogP) is 1.35. The van der Waals surface area contributed by atoms with E-state index in [9.17, 15) is 4.79 Å². The smallest absolute Gasteiger partial charge is 0.159 e. The molecule has 0 fully saturated rings. The van der Waals surface area contributed by atoms with Gasteiger partial charge in [-0.3, -0.25) is 4.79 Å². The fraction of sp³-hybridized carbons (Fsp3) is 0.200. The van der Waals surface area contributed by atoms with Gasteiger partial charge in [0.15, 0.2) is 5.78 Å². The Kier molecular flexibility index (Phi) is 3.20. The van der Waals surface area contributed by atoms with Crippen LogP contribution in [0.15, 0.2) is 30.5 Å². The van der Waals surface area contributed by atoms with Crippen LogP contribution >= 0.6 is 0 Å². The average molecular weight is 176 g/mol.